The number of carbonyl (C=O) groups is 2. The number of hydrogen-bond acceptors (Lipinski definition) is 3. The standard InChI is InChI=1S/C21H23Br2ClN2O3/c1-3-9-25-21(28)14(2)26(12-15-5-4-6-16(22)10-15)20(27)13-29-19-8-7-17(23)11-18(19)24/h4-8,10-11,14H,3,9,12-13H2,1-2H3,(H,25,28)/t14-/m1/s1. The maximum Gasteiger partial charge on any atom is 0.261 e. The lowest BCUT2D eigenvalue weighted by Crippen LogP contribution is -2.49. The molecule has 156 valence electrons. The van der Waals surface area contributed by atoms with E-state index >= 15 is 0 Å². The molecule has 0 aromatic heterocycles. The van der Waals surface area contributed by atoms with Gasteiger partial charge in [-0.1, -0.05) is 62.5 Å². The van der Waals surface area contributed by atoms with E-state index in [1.807, 2.05) is 31.2 Å². The number of ether oxygens (including phenoxy) is 1. The van der Waals surface area contributed by atoms with Crippen LogP contribution in [-0.2, 0) is 16.1 Å². The highest BCUT2D eigenvalue weighted by molar-refractivity contribution is 9.10. The Morgan fingerprint density at radius 2 is 1.90 bits per heavy atom. The molecule has 8 heteroatoms. The molecule has 0 fully saturated rings. The Labute approximate surface area is 193 Å². The maximum absolute atomic E-state index is 13.0. The molecule has 2 aromatic carbocycles. The van der Waals surface area contributed by atoms with Gasteiger partial charge in [-0.15, -0.1) is 0 Å². The van der Waals surface area contributed by atoms with Crippen LogP contribution in [0.1, 0.15) is 25.8 Å². The predicted molar refractivity (Wildman–Crippen MR) is 122 cm³/mol. The van der Waals surface area contributed by atoms with Crippen molar-refractivity contribution in [2.45, 2.75) is 32.9 Å². The second-order valence-corrected chi connectivity index (χ2v) is 8.72. The van der Waals surface area contributed by atoms with Gasteiger partial charge in [-0.3, -0.25) is 9.59 Å². The summed E-state index contributed by atoms with van der Waals surface area (Å²) in [4.78, 5) is 27.0. The van der Waals surface area contributed by atoms with E-state index in [1.165, 1.54) is 4.90 Å². The number of nitrogens with one attached hydrogen (secondary N) is 1. The summed E-state index contributed by atoms with van der Waals surface area (Å²) in [5.74, 6) is -0.0892. The first kappa shape index (κ1) is 23.7. The molecule has 1 N–H and O–H groups in total. The molecule has 0 aliphatic carbocycles. The zero-order valence-electron chi connectivity index (χ0n) is 16.3. The second kappa shape index (κ2) is 11.6. The Morgan fingerprint density at radius 1 is 1.17 bits per heavy atom. The van der Waals surface area contributed by atoms with E-state index in [2.05, 4.69) is 37.2 Å². The molecule has 0 aliphatic heterocycles. The van der Waals surface area contributed by atoms with Crippen LogP contribution in [0.5, 0.6) is 5.75 Å². The topological polar surface area (TPSA) is 58.6 Å². The van der Waals surface area contributed by atoms with Crippen LogP contribution in [0.3, 0.4) is 0 Å². The Bertz CT molecular complexity index is 864. The molecule has 2 aromatic rings. The number of benzene rings is 2. The Balaban J connectivity index is 2.15. The fraction of sp³-hybridized carbons (Fsp3) is 0.333. The minimum absolute atomic E-state index is 0.197. The molecule has 0 radical (unpaired) electrons. The lowest BCUT2D eigenvalue weighted by atomic mass is 10.1. The van der Waals surface area contributed by atoms with E-state index in [1.54, 1.807) is 25.1 Å². The lowest BCUT2D eigenvalue weighted by molar-refractivity contribution is -0.142. The van der Waals surface area contributed by atoms with Crippen LogP contribution >= 0.6 is 43.5 Å². The van der Waals surface area contributed by atoms with Gasteiger partial charge in [-0.2, -0.15) is 0 Å². The molecule has 1 atom stereocenters. The van der Waals surface area contributed by atoms with Crippen LogP contribution in [-0.4, -0.2) is 35.9 Å². The Kier molecular flexibility index (Phi) is 9.46. The third kappa shape index (κ3) is 7.32. The van der Waals surface area contributed by atoms with Crippen molar-refractivity contribution in [3.05, 3.63) is 62.0 Å². The highest BCUT2D eigenvalue weighted by Crippen LogP contribution is 2.27. The zero-order valence-corrected chi connectivity index (χ0v) is 20.2. The molecule has 0 saturated carbocycles. The SMILES string of the molecule is CCCNC(=O)[C@@H](C)N(Cc1cccc(Br)c1)C(=O)COc1ccc(Br)cc1Cl. The van der Waals surface area contributed by atoms with Crippen LogP contribution in [0.2, 0.25) is 5.02 Å². The van der Waals surface area contributed by atoms with Crippen molar-refractivity contribution in [1.82, 2.24) is 10.2 Å². The van der Waals surface area contributed by atoms with Crippen LogP contribution < -0.4 is 10.1 Å². The quantitative estimate of drug-likeness (QED) is 0.471. The summed E-state index contributed by atoms with van der Waals surface area (Å²) >= 11 is 12.9. The molecule has 0 heterocycles. The van der Waals surface area contributed by atoms with Crippen molar-refractivity contribution in [2.24, 2.45) is 0 Å². The highest BCUT2D eigenvalue weighted by Gasteiger charge is 2.26. The second-order valence-electron chi connectivity index (χ2n) is 6.48. The Hall–Kier alpha value is -1.57. The van der Waals surface area contributed by atoms with Gasteiger partial charge in [0.1, 0.15) is 11.8 Å². The summed E-state index contributed by atoms with van der Waals surface area (Å²) < 4.78 is 7.35. The molecule has 29 heavy (non-hydrogen) atoms. The van der Waals surface area contributed by atoms with Crippen LogP contribution in [0.15, 0.2) is 51.4 Å². The summed E-state index contributed by atoms with van der Waals surface area (Å²) in [5, 5.41) is 3.25. The van der Waals surface area contributed by atoms with Gasteiger partial charge in [0.25, 0.3) is 5.91 Å². The first-order valence-corrected chi connectivity index (χ1v) is 11.2. The smallest absolute Gasteiger partial charge is 0.261 e. The molecule has 0 spiro atoms. The fourth-order valence-electron chi connectivity index (χ4n) is 2.63. The molecular formula is C21H23Br2ClN2O3. The van der Waals surface area contributed by atoms with Crippen LogP contribution in [0.25, 0.3) is 0 Å². The number of carbonyl (C=O) groups excluding carboxylic acids is 2. The van der Waals surface area contributed by atoms with Gasteiger partial charge >= 0.3 is 0 Å². The van der Waals surface area contributed by atoms with Crippen molar-refractivity contribution in [1.29, 1.82) is 0 Å². The summed E-state index contributed by atoms with van der Waals surface area (Å²) in [6.45, 7) is 4.32. The zero-order chi connectivity index (χ0) is 21.4. The van der Waals surface area contributed by atoms with E-state index in [0.29, 0.717) is 17.3 Å². The predicted octanol–water partition coefficient (Wildman–Crippen LogP) is 5.19. The molecule has 0 saturated heterocycles. The van der Waals surface area contributed by atoms with Crippen molar-refractivity contribution in [2.75, 3.05) is 13.2 Å². The number of nitrogens with zero attached hydrogens (tertiary/aromatic N) is 1. The average molecular weight is 547 g/mol. The van der Waals surface area contributed by atoms with Gasteiger partial charge in [0, 0.05) is 22.0 Å². The molecule has 2 amide bonds. The van der Waals surface area contributed by atoms with E-state index in [0.717, 1.165) is 20.9 Å². The third-order valence-electron chi connectivity index (χ3n) is 4.20. The minimum atomic E-state index is -0.642. The molecule has 2 rings (SSSR count). The largest absolute Gasteiger partial charge is 0.482 e. The molecule has 0 bridgehead atoms. The number of halogens is 3. The molecule has 5 nitrogen and oxygen atoms in total. The summed E-state index contributed by atoms with van der Waals surface area (Å²) in [6, 6.07) is 12.2. The average Bonchev–Trinajstić information content (AvgIpc) is 2.69. The summed E-state index contributed by atoms with van der Waals surface area (Å²) in [7, 11) is 0. The molecule has 0 unspecified atom stereocenters. The number of hydrogen-bond donors (Lipinski definition) is 1. The van der Waals surface area contributed by atoms with Gasteiger partial charge in [0.15, 0.2) is 6.61 Å². The summed E-state index contributed by atoms with van der Waals surface area (Å²) in [6.07, 6.45) is 0.823. The van der Waals surface area contributed by atoms with Crippen molar-refractivity contribution < 1.29 is 14.3 Å². The monoisotopic (exact) mass is 544 g/mol. The minimum Gasteiger partial charge on any atom is -0.482 e. The van der Waals surface area contributed by atoms with E-state index in [4.69, 9.17) is 16.3 Å². The van der Waals surface area contributed by atoms with Crippen molar-refractivity contribution in [3.8, 4) is 5.75 Å². The molecular weight excluding hydrogens is 524 g/mol. The van der Waals surface area contributed by atoms with E-state index in [-0.39, 0.29) is 25.0 Å². The third-order valence-corrected chi connectivity index (χ3v) is 5.49. The first-order valence-electron chi connectivity index (χ1n) is 9.21. The normalized spacial score (nSPS) is 11.6. The maximum atomic E-state index is 13.0. The fourth-order valence-corrected chi connectivity index (χ4v) is 3.80. The summed E-state index contributed by atoms with van der Waals surface area (Å²) in [5.41, 5.74) is 0.907. The van der Waals surface area contributed by atoms with Gasteiger partial charge in [-0.05, 0) is 49.2 Å². The highest BCUT2D eigenvalue weighted by atomic mass is 79.9. The van der Waals surface area contributed by atoms with Crippen molar-refractivity contribution >= 4 is 55.3 Å². The van der Waals surface area contributed by atoms with Gasteiger partial charge in [-0.25, -0.2) is 0 Å². The van der Waals surface area contributed by atoms with Crippen LogP contribution in [0.4, 0.5) is 0 Å². The number of rotatable bonds is 9. The molecule has 0 aliphatic rings. The first-order chi connectivity index (χ1) is 13.8. The van der Waals surface area contributed by atoms with Gasteiger partial charge in [0.2, 0.25) is 5.91 Å². The Morgan fingerprint density at radius 3 is 2.55 bits per heavy atom. The van der Waals surface area contributed by atoms with E-state index in [9.17, 15) is 9.59 Å². The van der Waals surface area contributed by atoms with Gasteiger partial charge < -0.3 is 15.0 Å². The van der Waals surface area contributed by atoms with E-state index < -0.39 is 6.04 Å². The lowest BCUT2D eigenvalue weighted by Gasteiger charge is -2.29. The number of amides is 2. The van der Waals surface area contributed by atoms with Crippen LogP contribution in [0, 0.1) is 0 Å². The van der Waals surface area contributed by atoms with Gasteiger partial charge in [0.05, 0.1) is 5.02 Å². The van der Waals surface area contributed by atoms with Crippen molar-refractivity contribution in [3.63, 3.8) is 0 Å².